The fourth-order valence-electron chi connectivity index (χ4n) is 2.38. The van der Waals surface area contributed by atoms with Crippen LogP contribution in [-0.4, -0.2) is 28.5 Å². The molecule has 21 heavy (non-hydrogen) atoms. The maximum absolute atomic E-state index is 11.9. The predicted octanol–water partition coefficient (Wildman–Crippen LogP) is 2.18. The number of rotatable bonds is 2. The van der Waals surface area contributed by atoms with Crippen molar-refractivity contribution in [3.63, 3.8) is 0 Å². The first-order valence-corrected chi connectivity index (χ1v) is 6.42. The molecule has 1 aliphatic rings. The molecular formula is C15H13N3O3. The van der Waals surface area contributed by atoms with Crippen molar-refractivity contribution in [2.24, 2.45) is 0 Å². The normalized spacial score (nSPS) is 13.6. The van der Waals surface area contributed by atoms with E-state index in [0.29, 0.717) is 17.1 Å². The molecule has 0 aliphatic carbocycles. The Balaban J connectivity index is 2.19. The number of hydrogen-bond donors (Lipinski definition) is 2. The largest absolute Gasteiger partial charge is 0.478 e. The maximum atomic E-state index is 11.9. The first-order valence-electron chi connectivity index (χ1n) is 6.42. The fraction of sp³-hybridized carbons (Fsp3) is 0.133. The summed E-state index contributed by atoms with van der Waals surface area (Å²) in [7, 11) is 0. The number of carbonyl (C=O) groups excluding carboxylic acids is 1. The summed E-state index contributed by atoms with van der Waals surface area (Å²) in [6.07, 6.45) is 1.32. The quantitative estimate of drug-likeness (QED) is 0.882. The van der Waals surface area contributed by atoms with Crippen molar-refractivity contribution in [3.05, 3.63) is 47.8 Å². The summed E-state index contributed by atoms with van der Waals surface area (Å²) in [5.41, 5.74) is 2.67. The molecule has 0 spiro atoms. The van der Waals surface area contributed by atoms with E-state index in [1.54, 1.807) is 24.0 Å². The van der Waals surface area contributed by atoms with E-state index in [9.17, 15) is 14.7 Å². The lowest BCUT2D eigenvalue weighted by atomic mass is 10.1. The SMILES string of the molecule is Cc1cc(N2CC(=O)Nc3ccccc32)c(C(=O)O)cn1. The lowest BCUT2D eigenvalue weighted by molar-refractivity contribution is -0.115. The van der Waals surface area contributed by atoms with E-state index < -0.39 is 5.97 Å². The van der Waals surface area contributed by atoms with Crippen LogP contribution in [0.2, 0.25) is 0 Å². The molecule has 1 aromatic heterocycles. The van der Waals surface area contributed by atoms with E-state index in [-0.39, 0.29) is 18.0 Å². The summed E-state index contributed by atoms with van der Waals surface area (Å²) in [6.45, 7) is 1.85. The van der Waals surface area contributed by atoms with Gasteiger partial charge in [-0.3, -0.25) is 9.78 Å². The average Bonchev–Trinajstić information content (AvgIpc) is 2.45. The van der Waals surface area contributed by atoms with Gasteiger partial charge < -0.3 is 15.3 Å². The molecule has 0 radical (unpaired) electrons. The van der Waals surface area contributed by atoms with Crippen LogP contribution in [0.4, 0.5) is 17.1 Å². The highest BCUT2D eigenvalue weighted by molar-refractivity contribution is 6.05. The van der Waals surface area contributed by atoms with E-state index in [2.05, 4.69) is 10.3 Å². The average molecular weight is 283 g/mol. The number of benzene rings is 1. The highest BCUT2D eigenvalue weighted by atomic mass is 16.4. The van der Waals surface area contributed by atoms with Crippen LogP contribution in [0.3, 0.4) is 0 Å². The van der Waals surface area contributed by atoms with E-state index in [4.69, 9.17) is 0 Å². The third-order valence-electron chi connectivity index (χ3n) is 3.31. The molecule has 1 aliphatic heterocycles. The maximum Gasteiger partial charge on any atom is 0.339 e. The van der Waals surface area contributed by atoms with Gasteiger partial charge in [0.1, 0.15) is 12.1 Å². The number of carbonyl (C=O) groups is 2. The number of aryl methyl sites for hydroxylation is 1. The Morgan fingerprint density at radius 1 is 1.33 bits per heavy atom. The zero-order valence-electron chi connectivity index (χ0n) is 11.3. The smallest absolute Gasteiger partial charge is 0.339 e. The molecule has 2 N–H and O–H groups in total. The van der Waals surface area contributed by atoms with Crippen molar-refractivity contribution in [3.8, 4) is 0 Å². The first-order chi connectivity index (χ1) is 10.1. The van der Waals surface area contributed by atoms with Gasteiger partial charge in [-0.15, -0.1) is 0 Å². The van der Waals surface area contributed by atoms with Crippen molar-refractivity contribution < 1.29 is 14.7 Å². The highest BCUT2D eigenvalue weighted by Crippen LogP contribution is 2.36. The number of pyridine rings is 1. The Bertz CT molecular complexity index is 743. The van der Waals surface area contributed by atoms with Crippen LogP contribution in [0.25, 0.3) is 0 Å². The number of hydrogen-bond acceptors (Lipinski definition) is 4. The summed E-state index contributed by atoms with van der Waals surface area (Å²) in [5.74, 6) is -1.25. The lowest BCUT2D eigenvalue weighted by Crippen LogP contribution is -2.35. The third-order valence-corrected chi connectivity index (χ3v) is 3.31. The van der Waals surface area contributed by atoms with Gasteiger partial charge >= 0.3 is 5.97 Å². The zero-order valence-corrected chi connectivity index (χ0v) is 11.3. The molecule has 3 rings (SSSR count). The molecule has 0 unspecified atom stereocenters. The van der Waals surface area contributed by atoms with E-state index in [0.717, 1.165) is 5.69 Å². The van der Waals surface area contributed by atoms with Crippen LogP contribution >= 0.6 is 0 Å². The zero-order chi connectivity index (χ0) is 15.0. The Labute approximate surface area is 121 Å². The van der Waals surface area contributed by atoms with Crippen molar-refractivity contribution in [2.45, 2.75) is 6.92 Å². The predicted molar refractivity (Wildman–Crippen MR) is 78.0 cm³/mol. The summed E-state index contributed by atoms with van der Waals surface area (Å²) < 4.78 is 0. The fourth-order valence-corrected chi connectivity index (χ4v) is 2.38. The molecule has 0 bridgehead atoms. The first kappa shape index (κ1) is 13.1. The lowest BCUT2D eigenvalue weighted by Gasteiger charge is -2.31. The van der Waals surface area contributed by atoms with Gasteiger partial charge in [-0.25, -0.2) is 4.79 Å². The Morgan fingerprint density at radius 3 is 2.86 bits per heavy atom. The minimum Gasteiger partial charge on any atom is -0.478 e. The minimum atomic E-state index is -1.07. The molecule has 0 saturated carbocycles. The molecule has 2 aromatic rings. The molecule has 106 valence electrons. The summed E-state index contributed by atoms with van der Waals surface area (Å²) in [4.78, 5) is 29.0. The molecule has 0 fully saturated rings. The Morgan fingerprint density at radius 2 is 2.10 bits per heavy atom. The van der Waals surface area contributed by atoms with Crippen LogP contribution in [0.15, 0.2) is 36.5 Å². The van der Waals surface area contributed by atoms with Crippen LogP contribution < -0.4 is 10.2 Å². The van der Waals surface area contributed by atoms with E-state index in [1.165, 1.54) is 6.20 Å². The monoisotopic (exact) mass is 283 g/mol. The molecule has 1 amide bonds. The summed E-state index contributed by atoms with van der Waals surface area (Å²) in [6, 6.07) is 8.97. The van der Waals surface area contributed by atoms with Crippen LogP contribution in [-0.2, 0) is 4.79 Å². The van der Waals surface area contributed by atoms with Gasteiger partial charge in [-0.1, -0.05) is 12.1 Å². The van der Waals surface area contributed by atoms with Crippen LogP contribution in [0, 0.1) is 6.92 Å². The Hall–Kier alpha value is -2.89. The number of nitrogens with zero attached hydrogens (tertiary/aromatic N) is 2. The Kier molecular flexibility index (Phi) is 3.06. The third kappa shape index (κ3) is 2.31. The van der Waals surface area contributed by atoms with Gasteiger partial charge in [0.25, 0.3) is 0 Å². The summed E-state index contributed by atoms with van der Waals surface area (Å²) in [5, 5.41) is 12.1. The van der Waals surface area contributed by atoms with Gasteiger partial charge in [-0.05, 0) is 25.1 Å². The number of fused-ring (bicyclic) bond motifs is 1. The second-order valence-electron chi connectivity index (χ2n) is 4.80. The number of carboxylic acid groups (broad SMARTS) is 1. The molecule has 0 saturated heterocycles. The van der Waals surface area contributed by atoms with Gasteiger partial charge in [0.05, 0.1) is 17.1 Å². The molecule has 6 nitrogen and oxygen atoms in total. The van der Waals surface area contributed by atoms with E-state index in [1.807, 2.05) is 18.2 Å². The molecule has 0 atom stereocenters. The number of nitrogens with one attached hydrogen (secondary N) is 1. The minimum absolute atomic E-state index is 0.0702. The molecular weight excluding hydrogens is 270 g/mol. The van der Waals surface area contributed by atoms with Gasteiger partial charge in [0, 0.05) is 11.9 Å². The number of amides is 1. The second-order valence-corrected chi connectivity index (χ2v) is 4.80. The van der Waals surface area contributed by atoms with Crippen LogP contribution in [0.1, 0.15) is 16.1 Å². The second kappa shape index (κ2) is 4.90. The molecule has 6 heteroatoms. The topological polar surface area (TPSA) is 82.5 Å². The van der Waals surface area contributed by atoms with Crippen LogP contribution in [0.5, 0.6) is 0 Å². The van der Waals surface area contributed by atoms with Crippen molar-refractivity contribution in [2.75, 3.05) is 16.8 Å². The standard InChI is InChI=1S/C15H13N3O3/c1-9-6-13(10(7-16-9)15(20)21)18-8-14(19)17-11-4-2-3-5-12(11)18/h2-7H,8H2,1H3,(H,17,19)(H,20,21). The van der Waals surface area contributed by atoms with Crippen molar-refractivity contribution in [1.82, 2.24) is 4.98 Å². The van der Waals surface area contributed by atoms with Gasteiger partial charge in [-0.2, -0.15) is 0 Å². The highest BCUT2D eigenvalue weighted by Gasteiger charge is 2.26. The van der Waals surface area contributed by atoms with Crippen molar-refractivity contribution >= 4 is 28.9 Å². The van der Waals surface area contributed by atoms with Gasteiger partial charge in [0.2, 0.25) is 5.91 Å². The molecule has 1 aromatic carbocycles. The number of para-hydroxylation sites is 2. The summed E-state index contributed by atoms with van der Waals surface area (Å²) >= 11 is 0. The molecule has 2 heterocycles. The number of anilines is 3. The number of carboxylic acids is 1. The number of aromatic nitrogens is 1. The van der Waals surface area contributed by atoms with Crippen molar-refractivity contribution in [1.29, 1.82) is 0 Å². The number of aromatic carboxylic acids is 1. The van der Waals surface area contributed by atoms with Gasteiger partial charge in [0.15, 0.2) is 0 Å². The van der Waals surface area contributed by atoms with E-state index >= 15 is 0 Å².